The highest BCUT2D eigenvalue weighted by molar-refractivity contribution is 14.0. The molecule has 3 N–H and O–H groups in total. The summed E-state index contributed by atoms with van der Waals surface area (Å²) in [5.41, 5.74) is 0.850. The van der Waals surface area contributed by atoms with Crippen LogP contribution in [0.2, 0.25) is 0 Å². The maximum absolute atomic E-state index is 13.1. The zero-order chi connectivity index (χ0) is 17.2. The molecule has 2 rings (SSSR count). The van der Waals surface area contributed by atoms with Crippen LogP contribution in [-0.4, -0.2) is 32.0 Å². The van der Waals surface area contributed by atoms with Crippen molar-refractivity contribution in [2.75, 3.05) is 20.1 Å². The van der Waals surface area contributed by atoms with Crippen LogP contribution in [0.4, 0.5) is 4.39 Å². The van der Waals surface area contributed by atoms with E-state index in [1.165, 1.54) is 37.8 Å². The van der Waals surface area contributed by atoms with Gasteiger partial charge in [0, 0.05) is 33.1 Å². The van der Waals surface area contributed by atoms with Crippen LogP contribution in [0.5, 0.6) is 0 Å². The predicted octanol–water partition coefficient (Wildman–Crippen LogP) is 2.81. The molecule has 1 amide bonds. The Hall–Kier alpha value is -1.38. The highest BCUT2D eigenvalue weighted by Gasteiger charge is 2.17. The van der Waals surface area contributed by atoms with Crippen LogP contribution in [0.15, 0.2) is 29.3 Å². The number of nitrogens with one attached hydrogen (secondary N) is 3. The summed E-state index contributed by atoms with van der Waals surface area (Å²) < 4.78 is 13.1. The van der Waals surface area contributed by atoms with Gasteiger partial charge in [-0.25, -0.2) is 4.39 Å². The molecule has 0 aliphatic heterocycles. The van der Waals surface area contributed by atoms with Gasteiger partial charge in [0.25, 0.3) is 0 Å². The molecule has 7 heteroatoms. The summed E-state index contributed by atoms with van der Waals surface area (Å²) in [6.07, 6.45) is 5.52. The van der Waals surface area contributed by atoms with Gasteiger partial charge in [-0.15, -0.1) is 24.0 Å². The minimum atomic E-state index is -0.248. The van der Waals surface area contributed by atoms with Crippen LogP contribution in [0.1, 0.15) is 37.7 Å². The highest BCUT2D eigenvalue weighted by atomic mass is 127. The number of amides is 1. The number of carbonyl (C=O) groups excluding carboxylic acids is 1. The molecule has 1 fully saturated rings. The van der Waals surface area contributed by atoms with E-state index in [2.05, 4.69) is 20.9 Å². The Bertz CT molecular complexity index is 562. The molecular formula is C18H28FIN4O. The van der Waals surface area contributed by atoms with Gasteiger partial charge >= 0.3 is 0 Å². The van der Waals surface area contributed by atoms with Gasteiger partial charge < -0.3 is 16.0 Å². The Labute approximate surface area is 166 Å². The van der Waals surface area contributed by atoms with Crippen LogP contribution in [0, 0.1) is 11.7 Å². The van der Waals surface area contributed by atoms with E-state index in [0.717, 1.165) is 5.56 Å². The second-order valence-corrected chi connectivity index (χ2v) is 6.19. The van der Waals surface area contributed by atoms with Gasteiger partial charge in [0.05, 0.1) is 0 Å². The van der Waals surface area contributed by atoms with E-state index in [1.807, 2.05) is 6.07 Å². The second-order valence-electron chi connectivity index (χ2n) is 6.19. The van der Waals surface area contributed by atoms with Gasteiger partial charge in [0.15, 0.2) is 5.96 Å². The second kappa shape index (κ2) is 12.1. The summed E-state index contributed by atoms with van der Waals surface area (Å²) in [7, 11) is 1.68. The first-order valence-electron chi connectivity index (χ1n) is 8.63. The fraction of sp³-hybridized carbons (Fsp3) is 0.556. The lowest BCUT2D eigenvalue weighted by Crippen LogP contribution is -2.41. The lowest BCUT2D eigenvalue weighted by Gasteiger charge is -2.13. The fourth-order valence-electron chi connectivity index (χ4n) is 2.98. The number of rotatable bonds is 7. The average Bonchev–Trinajstić information content (AvgIpc) is 3.07. The molecule has 0 atom stereocenters. The van der Waals surface area contributed by atoms with Crippen molar-refractivity contribution < 1.29 is 9.18 Å². The van der Waals surface area contributed by atoms with Crippen molar-refractivity contribution >= 4 is 35.8 Å². The molecular weight excluding hydrogens is 434 g/mol. The molecule has 0 radical (unpaired) electrons. The highest BCUT2D eigenvalue weighted by Crippen LogP contribution is 2.27. The Morgan fingerprint density at radius 3 is 2.60 bits per heavy atom. The zero-order valence-electron chi connectivity index (χ0n) is 14.7. The summed E-state index contributed by atoms with van der Waals surface area (Å²) in [5.74, 6) is 1.08. The van der Waals surface area contributed by atoms with Gasteiger partial charge in [-0.2, -0.15) is 0 Å². The summed E-state index contributed by atoms with van der Waals surface area (Å²) >= 11 is 0. The maximum atomic E-state index is 13.1. The number of guanidine groups is 1. The van der Waals surface area contributed by atoms with E-state index >= 15 is 0 Å². The number of carbonyl (C=O) groups is 1. The van der Waals surface area contributed by atoms with Crippen molar-refractivity contribution in [3.05, 3.63) is 35.6 Å². The van der Waals surface area contributed by atoms with Crippen LogP contribution in [0.25, 0.3) is 0 Å². The van der Waals surface area contributed by atoms with E-state index in [-0.39, 0.29) is 35.7 Å². The molecule has 0 bridgehead atoms. The van der Waals surface area contributed by atoms with Crippen molar-refractivity contribution in [1.82, 2.24) is 16.0 Å². The Morgan fingerprint density at radius 2 is 1.92 bits per heavy atom. The average molecular weight is 462 g/mol. The monoisotopic (exact) mass is 462 g/mol. The number of hydrogen-bond donors (Lipinski definition) is 3. The SMILES string of the molecule is CN=C(NCCNC(=O)CC1CCCC1)NCc1cccc(F)c1.I. The molecule has 0 heterocycles. The van der Waals surface area contributed by atoms with Gasteiger partial charge in [0.1, 0.15) is 5.82 Å². The molecule has 0 saturated heterocycles. The summed E-state index contributed by atoms with van der Waals surface area (Å²) in [5, 5.41) is 9.19. The maximum Gasteiger partial charge on any atom is 0.220 e. The molecule has 1 aromatic carbocycles. The van der Waals surface area contributed by atoms with Crippen LogP contribution >= 0.6 is 24.0 Å². The molecule has 0 unspecified atom stereocenters. The van der Waals surface area contributed by atoms with Crippen LogP contribution in [-0.2, 0) is 11.3 Å². The Balaban J connectivity index is 0.00000312. The standard InChI is InChI=1S/C18H27FN4O.HI/c1-20-18(23-13-15-7-4-8-16(19)11-15)22-10-9-21-17(24)12-14-5-2-3-6-14;/h4,7-8,11,14H,2-3,5-6,9-10,12-13H2,1H3,(H,21,24)(H2,20,22,23);1H. The molecule has 0 aromatic heterocycles. The van der Waals surface area contributed by atoms with Crippen molar-refractivity contribution in [3.8, 4) is 0 Å². The summed E-state index contributed by atoms with van der Waals surface area (Å²) in [6, 6.07) is 6.45. The molecule has 25 heavy (non-hydrogen) atoms. The topological polar surface area (TPSA) is 65.5 Å². The molecule has 1 aliphatic carbocycles. The van der Waals surface area contributed by atoms with Crippen molar-refractivity contribution in [2.24, 2.45) is 10.9 Å². The van der Waals surface area contributed by atoms with Crippen molar-refractivity contribution in [3.63, 3.8) is 0 Å². The van der Waals surface area contributed by atoms with Crippen molar-refractivity contribution in [2.45, 2.75) is 38.6 Å². The zero-order valence-corrected chi connectivity index (χ0v) is 17.0. The summed E-state index contributed by atoms with van der Waals surface area (Å²) in [6.45, 7) is 1.65. The lowest BCUT2D eigenvalue weighted by molar-refractivity contribution is -0.121. The summed E-state index contributed by atoms with van der Waals surface area (Å²) in [4.78, 5) is 15.9. The molecule has 5 nitrogen and oxygen atoms in total. The number of benzene rings is 1. The molecule has 140 valence electrons. The largest absolute Gasteiger partial charge is 0.355 e. The third-order valence-electron chi connectivity index (χ3n) is 4.26. The van der Waals surface area contributed by atoms with E-state index in [1.54, 1.807) is 13.1 Å². The van der Waals surface area contributed by atoms with Crippen molar-refractivity contribution in [1.29, 1.82) is 0 Å². The lowest BCUT2D eigenvalue weighted by atomic mass is 10.0. The minimum absolute atomic E-state index is 0. The first-order chi connectivity index (χ1) is 11.7. The van der Waals surface area contributed by atoms with Gasteiger partial charge in [-0.1, -0.05) is 25.0 Å². The number of aliphatic imine (C=N–C) groups is 1. The first-order valence-corrected chi connectivity index (χ1v) is 8.63. The Morgan fingerprint density at radius 1 is 1.20 bits per heavy atom. The molecule has 1 aromatic rings. The number of halogens is 2. The van der Waals surface area contributed by atoms with Gasteiger partial charge in [-0.3, -0.25) is 9.79 Å². The van der Waals surface area contributed by atoms with Gasteiger partial charge in [-0.05, 0) is 36.5 Å². The van der Waals surface area contributed by atoms with Crippen LogP contribution in [0.3, 0.4) is 0 Å². The normalized spacial score (nSPS) is 14.7. The molecule has 1 saturated carbocycles. The smallest absolute Gasteiger partial charge is 0.220 e. The Kier molecular flexibility index (Phi) is 10.4. The van der Waals surface area contributed by atoms with E-state index < -0.39 is 0 Å². The quantitative estimate of drug-likeness (QED) is 0.253. The number of hydrogen-bond acceptors (Lipinski definition) is 2. The predicted molar refractivity (Wildman–Crippen MR) is 110 cm³/mol. The molecule has 1 aliphatic rings. The van der Waals surface area contributed by atoms with E-state index in [4.69, 9.17) is 0 Å². The van der Waals surface area contributed by atoms with E-state index in [9.17, 15) is 9.18 Å². The van der Waals surface area contributed by atoms with Gasteiger partial charge in [0.2, 0.25) is 5.91 Å². The first kappa shape index (κ1) is 21.7. The molecule has 0 spiro atoms. The number of nitrogens with zero attached hydrogens (tertiary/aromatic N) is 1. The van der Waals surface area contributed by atoms with Crippen LogP contribution < -0.4 is 16.0 Å². The van der Waals surface area contributed by atoms with E-state index in [0.29, 0.717) is 37.9 Å². The fourth-order valence-corrected chi connectivity index (χ4v) is 2.98. The minimum Gasteiger partial charge on any atom is -0.355 e. The third-order valence-corrected chi connectivity index (χ3v) is 4.26. The third kappa shape index (κ3) is 8.51.